The van der Waals surface area contributed by atoms with E-state index in [4.69, 9.17) is 27.9 Å². The van der Waals surface area contributed by atoms with Crippen LogP contribution in [0.15, 0.2) is 42.5 Å². The molecule has 5 nitrogen and oxygen atoms in total. The lowest BCUT2D eigenvalue weighted by Gasteiger charge is -2.12. The minimum atomic E-state index is -1.23. The number of carbonyl (C=O) groups is 2. The van der Waals surface area contributed by atoms with E-state index >= 15 is 0 Å². The van der Waals surface area contributed by atoms with Gasteiger partial charge in [-0.05, 0) is 31.2 Å². The first-order chi connectivity index (χ1) is 12.8. The van der Waals surface area contributed by atoms with Gasteiger partial charge in [-0.1, -0.05) is 41.4 Å². The third-order valence-corrected chi connectivity index (χ3v) is 3.79. The smallest absolute Gasteiger partial charge is 0.326 e. The summed E-state index contributed by atoms with van der Waals surface area (Å²) in [7, 11) is 0. The van der Waals surface area contributed by atoms with Crippen LogP contribution in [0.2, 0.25) is 10.0 Å². The summed E-state index contributed by atoms with van der Waals surface area (Å²) >= 11 is 12.1. The second-order valence-electron chi connectivity index (χ2n) is 5.15. The highest BCUT2D eigenvalue weighted by molar-refractivity contribution is 6.37. The number of urea groups is 1. The van der Waals surface area contributed by atoms with E-state index in [1.54, 1.807) is 12.2 Å². The molecular formula is C18H14Cl2F2N2O3. The highest BCUT2D eigenvalue weighted by atomic mass is 35.5. The monoisotopic (exact) mass is 414 g/mol. The van der Waals surface area contributed by atoms with Crippen molar-refractivity contribution < 1.29 is 23.1 Å². The molecule has 0 saturated heterocycles. The predicted octanol–water partition coefficient (Wildman–Crippen LogP) is 5.19. The van der Waals surface area contributed by atoms with E-state index in [2.05, 4.69) is 5.32 Å². The Hall–Kier alpha value is -2.64. The van der Waals surface area contributed by atoms with Crippen LogP contribution in [0.25, 0.3) is 0 Å². The highest BCUT2D eigenvalue weighted by Crippen LogP contribution is 2.36. The maximum atomic E-state index is 13.6. The van der Waals surface area contributed by atoms with Gasteiger partial charge in [-0.2, -0.15) is 0 Å². The number of benzene rings is 2. The zero-order chi connectivity index (χ0) is 20.0. The fraction of sp³-hybridized carbons (Fsp3) is 0.111. The second kappa shape index (κ2) is 9.34. The maximum absolute atomic E-state index is 13.6. The number of nitrogens with one attached hydrogen (secondary N) is 2. The summed E-state index contributed by atoms with van der Waals surface area (Å²) in [5.41, 5.74) is -0.709. The molecule has 2 N–H and O–H groups in total. The van der Waals surface area contributed by atoms with Crippen LogP contribution in [0.1, 0.15) is 17.3 Å². The Morgan fingerprint density at radius 3 is 2.30 bits per heavy atom. The van der Waals surface area contributed by atoms with E-state index in [0.29, 0.717) is 0 Å². The van der Waals surface area contributed by atoms with Gasteiger partial charge in [-0.25, -0.2) is 13.6 Å². The lowest BCUT2D eigenvalue weighted by Crippen LogP contribution is -2.35. The first-order valence-electron chi connectivity index (χ1n) is 7.62. The SMILES string of the molecule is CC=CCOc1c(Cl)cc(NC(=O)NC(=O)c2c(F)cccc2F)cc1Cl. The van der Waals surface area contributed by atoms with Crippen LogP contribution in [0.5, 0.6) is 5.75 Å². The molecule has 0 spiro atoms. The van der Waals surface area contributed by atoms with Crippen LogP contribution in [-0.4, -0.2) is 18.5 Å². The maximum Gasteiger partial charge on any atom is 0.326 e. The van der Waals surface area contributed by atoms with Crippen LogP contribution in [-0.2, 0) is 0 Å². The van der Waals surface area contributed by atoms with Crippen molar-refractivity contribution in [2.24, 2.45) is 0 Å². The van der Waals surface area contributed by atoms with Crippen molar-refractivity contribution in [3.8, 4) is 5.75 Å². The molecule has 0 bridgehead atoms. The average Bonchev–Trinajstić information content (AvgIpc) is 2.57. The molecule has 9 heteroatoms. The Morgan fingerprint density at radius 1 is 1.15 bits per heavy atom. The van der Waals surface area contributed by atoms with Gasteiger partial charge in [0.2, 0.25) is 0 Å². The zero-order valence-corrected chi connectivity index (χ0v) is 15.5. The highest BCUT2D eigenvalue weighted by Gasteiger charge is 2.19. The number of allylic oxidation sites excluding steroid dienone is 1. The molecule has 0 fully saturated rings. The molecule has 0 radical (unpaired) electrons. The fourth-order valence-corrected chi connectivity index (χ4v) is 2.64. The van der Waals surface area contributed by atoms with Crippen LogP contribution in [0, 0.1) is 11.6 Å². The molecule has 2 aromatic rings. The molecular weight excluding hydrogens is 401 g/mol. The molecule has 0 atom stereocenters. The predicted molar refractivity (Wildman–Crippen MR) is 99.6 cm³/mol. The van der Waals surface area contributed by atoms with Gasteiger partial charge in [-0.15, -0.1) is 0 Å². The van der Waals surface area contributed by atoms with E-state index in [9.17, 15) is 18.4 Å². The molecule has 3 amide bonds. The first kappa shape index (κ1) is 20.7. The third-order valence-electron chi connectivity index (χ3n) is 3.23. The number of hydrogen-bond donors (Lipinski definition) is 2. The number of halogens is 4. The molecule has 2 rings (SSSR count). The number of amides is 3. The first-order valence-corrected chi connectivity index (χ1v) is 8.38. The van der Waals surface area contributed by atoms with Crippen LogP contribution in [0.4, 0.5) is 19.3 Å². The number of carbonyl (C=O) groups excluding carboxylic acids is 2. The largest absolute Gasteiger partial charge is 0.486 e. The van der Waals surface area contributed by atoms with Crippen molar-refractivity contribution in [1.29, 1.82) is 0 Å². The van der Waals surface area contributed by atoms with E-state index in [0.717, 1.165) is 18.2 Å². The van der Waals surface area contributed by atoms with Gasteiger partial charge in [0.05, 0.1) is 10.0 Å². The molecule has 0 saturated carbocycles. The number of hydrogen-bond acceptors (Lipinski definition) is 3. The van der Waals surface area contributed by atoms with Crippen LogP contribution >= 0.6 is 23.2 Å². The summed E-state index contributed by atoms with van der Waals surface area (Å²) in [6, 6.07) is 4.60. The summed E-state index contributed by atoms with van der Waals surface area (Å²) in [5.74, 6) is -3.18. The lowest BCUT2D eigenvalue weighted by molar-refractivity contribution is 0.0959. The zero-order valence-electron chi connectivity index (χ0n) is 14.0. The summed E-state index contributed by atoms with van der Waals surface area (Å²) in [4.78, 5) is 23.8. The number of imide groups is 1. The molecule has 0 aliphatic rings. The van der Waals surface area contributed by atoms with Crippen molar-refractivity contribution in [3.05, 3.63) is 69.7 Å². The quantitative estimate of drug-likeness (QED) is 0.661. The molecule has 0 unspecified atom stereocenters. The Balaban J connectivity index is 2.08. The fourth-order valence-electron chi connectivity index (χ4n) is 2.04. The van der Waals surface area contributed by atoms with Gasteiger partial charge >= 0.3 is 6.03 Å². The third kappa shape index (κ3) is 5.42. The molecule has 0 aromatic heterocycles. The van der Waals surface area contributed by atoms with Gasteiger partial charge in [0.1, 0.15) is 23.8 Å². The van der Waals surface area contributed by atoms with E-state index < -0.39 is 29.1 Å². The Kier molecular flexibility index (Phi) is 7.15. The van der Waals surface area contributed by atoms with E-state index in [1.165, 1.54) is 12.1 Å². The van der Waals surface area contributed by atoms with E-state index in [-0.39, 0.29) is 28.1 Å². The number of anilines is 1. The molecule has 27 heavy (non-hydrogen) atoms. The molecule has 0 aliphatic carbocycles. The molecule has 0 aliphatic heterocycles. The van der Waals surface area contributed by atoms with Crippen LogP contribution in [0.3, 0.4) is 0 Å². The van der Waals surface area contributed by atoms with Crippen molar-refractivity contribution in [3.63, 3.8) is 0 Å². The summed E-state index contributed by atoms with van der Waals surface area (Å²) < 4.78 is 32.5. The topological polar surface area (TPSA) is 67.4 Å². The Morgan fingerprint density at radius 2 is 1.74 bits per heavy atom. The number of rotatable bonds is 5. The minimum Gasteiger partial charge on any atom is -0.486 e. The number of ether oxygens (including phenoxy) is 1. The summed E-state index contributed by atoms with van der Waals surface area (Å²) in [6.07, 6.45) is 3.54. The Bertz CT molecular complexity index is 861. The molecule has 142 valence electrons. The lowest BCUT2D eigenvalue weighted by atomic mass is 10.2. The van der Waals surface area contributed by atoms with Crippen molar-refractivity contribution >= 4 is 40.8 Å². The van der Waals surface area contributed by atoms with Crippen molar-refractivity contribution in [1.82, 2.24) is 5.32 Å². The summed E-state index contributed by atoms with van der Waals surface area (Å²) in [6.45, 7) is 2.08. The van der Waals surface area contributed by atoms with Crippen molar-refractivity contribution in [2.45, 2.75) is 6.92 Å². The second-order valence-corrected chi connectivity index (χ2v) is 5.97. The average molecular weight is 415 g/mol. The van der Waals surface area contributed by atoms with Crippen LogP contribution < -0.4 is 15.4 Å². The molecule has 2 aromatic carbocycles. The standard InChI is InChI=1S/C18H14Cl2F2N2O3/c1-2-3-7-27-16-11(19)8-10(9-12(16)20)23-18(26)24-17(25)15-13(21)5-4-6-14(15)22/h2-6,8-9H,7H2,1H3,(H2,23,24,25,26). The van der Waals surface area contributed by atoms with Gasteiger partial charge in [0, 0.05) is 5.69 Å². The van der Waals surface area contributed by atoms with Gasteiger partial charge in [-0.3, -0.25) is 10.1 Å². The normalized spacial score (nSPS) is 10.7. The van der Waals surface area contributed by atoms with E-state index in [1.807, 2.05) is 12.2 Å². The summed E-state index contributed by atoms with van der Waals surface area (Å²) in [5, 5.41) is 4.40. The van der Waals surface area contributed by atoms with Gasteiger partial charge in [0.25, 0.3) is 5.91 Å². The van der Waals surface area contributed by atoms with Crippen molar-refractivity contribution in [2.75, 3.05) is 11.9 Å². The minimum absolute atomic E-state index is 0.133. The van der Waals surface area contributed by atoms with Gasteiger partial charge < -0.3 is 10.1 Å². The molecule has 0 heterocycles. The Labute approximate surface area is 163 Å². The van der Waals surface area contributed by atoms with Gasteiger partial charge in [0.15, 0.2) is 5.75 Å².